The highest BCUT2D eigenvalue weighted by Gasteiger charge is 2.16. The van der Waals surface area contributed by atoms with E-state index in [2.05, 4.69) is 70.0 Å². The van der Waals surface area contributed by atoms with Gasteiger partial charge in [-0.1, -0.05) is 83.5 Å². The second kappa shape index (κ2) is 9.14. The van der Waals surface area contributed by atoms with E-state index in [9.17, 15) is 0 Å². The van der Waals surface area contributed by atoms with Gasteiger partial charge in [0, 0.05) is 9.80 Å². The number of hydrogen-bond acceptors (Lipinski definition) is 0. The lowest BCUT2D eigenvalue weighted by Gasteiger charge is -2.21. The molecule has 0 aliphatic carbocycles. The molecule has 0 saturated carbocycles. The van der Waals surface area contributed by atoms with Crippen LogP contribution in [0, 0.1) is 5.92 Å². The lowest BCUT2D eigenvalue weighted by molar-refractivity contribution is 0.397. The van der Waals surface area contributed by atoms with Crippen molar-refractivity contribution in [1.82, 2.24) is 0 Å². The number of rotatable bonds is 8. The average molecular weight is 376 g/mol. The van der Waals surface area contributed by atoms with Crippen LogP contribution in [0.15, 0.2) is 28.7 Å². The molecule has 2 atom stereocenters. The molecule has 0 aliphatic heterocycles. The van der Waals surface area contributed by atoms with Gasteiger partial charge in [-0.25, -0.2) is 0 Å². The van der Waals surface area contributed by atoms with Crippen molar-refractivity contribution in [2.75, 3.05) is 5.33 Å². The smallest absolute Gasteiger partial charge is 0.0175 e. The third kappa shape index (κ3) is 5.44. The molecule has 0 bridgehead atoms. The summed E-state index contributed by atoms with van der Waals surface area (Å²) in [6.07, 6.45) is 6.68. The Labute approximate surface area is 129 Å². The Hall–Kier alpha value is 0.180. The first-order valence-corrected chi connectivity index (χ1v) is 8.94. The molecular formula is C16H24Br2. The molecule has 1 aromatic rings. The van der Waals surface area contributed by atoms with Crippen LogP contribution in [0.5, 0.6) is 0 Å². The van der Waals surface area contributed by atoms with Crippen molar-refractivity contribution in [2.24, 2.45) is 5.92 Å². The van der Waals surface area contributed by atoms with Crippen LogP contribution < -0.4 is 0 Å². The van der Waals surface area contributed by atoms with Crippen molar-refractivity contribution in [3.8, 4) is 0 Å². The number of halogens is 2. The van der Waals surface area contributed by atoms with E-state index >= 15 is 0 Å². The molecule has 0 aliphatic rings. The fourth-order valence-electron chi connectivity index (χ4n) is 2.41. The second-order valence-corrected chi connectivity index (χ2v) is 6.62. The van der Waals surface area contributed by atoms with Gasteiger partial charge in [0.25, 0.3) is 0 Å². The highest BCUT2D eigenvalue weighted by atomic mass is 79.9. The summed E-state index contributed by atoms with van der Waals surface area (Å²) in [7, 11) is 0. The zero-order valence-corrected chi connectivity index (χ0v) is 14.6. The molecule has 0 N–H and O–H groups in total. The maximum absolute atomic E-state index is 3.69. The third-order valence-electron chi connectivity index (χ3n) is 3.69. The van der Waals surface area contributed by atoms with Crippen LogP contribution in [0.25, 0.3) is 0 Å². The van der Waals surface area contributed by atoms with Gasteiger partial charge in [0.15, 0.2) is 0 Å². The lowest BCUT2D eigenvalue weighted by Crippen LogP contribution is -2.08. The summed E-state index contributed by atoms with van der Waals surface area (Å²) in [6.45, 7) is 4.61. The molecule has 0 fully saturated rings. The van der Waals surface area contributed by atoms with Gasteiger partial charge in [-0.2, -0.15) is 0 Å². The molecule has 0 heterocycles. The Morgan fingerprint density at radius 2 is 1.78 bits per heavy atom. The molecule has 0 radical (unpaired) electrons. The van der Waals surface area contributed by atoms with E-state index in [1.54, 1.807) is 0 Å². The van der Waals surface area contributed by atoms with Crippen LogP contribution in [0.3, 0.4) is 0 Å². The molecule has 18 heavy (non-hydrogen) atoms. The summed E-state index contributed by atoms with van der Waals surface area (Å²) in [4.78, 5) is 0. The molecule has 0 nitrogen and oxygen atoms in total. The summed E-state index contributed by atoms with van der Waals surface area (Å²) in [5, 5.41) is 1.07. The van der Waals surface area contributed by atoms with E-state index in [1.807, 2.05) is 0 Å². The van der Waals surface area contributed by atoms with Crippen molar-refractivity contribution in [2.45, 2.75) is 51.9 Å². The SMILES string of the molecule is CCCCC(CC)CC(CBr)c1ccc(Br)cc1. The fraction of sp³-hybridized carbons (Fsp3) is 0.625. The summed E-state index contributed by atoms with van der Waals surface area (Å²) in [5.74, 6) is 1.52. The maximum atomic E-state index is 3.69. The number of alkyl halides is 1. The lowest BCUT2D eigenvalue weighted by atomic mass is 9.86. The minimum Gasteiger partial charge on any atom is -0.0921 e. The van der Waals surface area contributed by atoms with E-state index < -0.39 is 0 Å². The van der Waals surface area contributed by atoms with Gasteiger partial charge in [-0.05, 0) is 36.0 Å². The van der Waals surface area contributed by atoms with Crippen molar-refractivity contribution in [3.63, 3.8) is 0 Å². The second-order valence-electron chi connectivity index (χ2n) is 5.05. The number of unbranched alkanes of at least 4 members (excludes halogenated alkanes) is 1. The molecule has 2 unspecified atom stereocenters. The standard InChI is InChI=1S/C16H24Br2/c1-3-5-6-13(4-2)11-15(12-17)14-7-9-16(18)10-8-14/h7-10,13,15H,3-6,11-12H2,1-2H3. The monoisotopic (exact) mass is 374 g/mol. The molecule has 0 aromatic heterocycles. The Kier molecular flexibility index (Phi) is 8.25. The van der Waals surface area contributed by atoms with Crippen LogP contribution in [-0.4, -0.2) is 5.33 Å². The minimum atomic E-state index is 0.653. The third-order valence-corrected chi connectivity index (χ3v) is 5.00. The summed E-state index contributed by atoms with van der Waals surface area (Å²) in [6, 6.07) is 8.81. The molecule has 102 valence electrons. The van der Waals surface area contributed by atoms with Crippen LogP contribution >= 0.6 is 31.9 Å². The van der Waals surface area contributed by atoms with Gasteiger partial charge < -0.3 is 0 Å². The summed E-state index contributed by atoms with van der Waals surface area (Å²) in [5.41, 5.74) is 1.46. The Bertz CT molecular complexity index is 318. The molecule has 1 rings (SSSR count). The van der Waals surface area contributed by atoms with Crippen molar-refractivity contribution in [1.29, 1.82) is 0 Å². The first-order chi connectivity index (χ1) is 8.71. The predicted octanol–water partition coefficient (Wildman–Crippen LogP) is 6.53. The Balaban J connectivity index is 2.62. The van der Waals surface area contributed by atoms with Gasteiger partial charge >= 0.3 is 0 Å². The highest BCUT2D eigenvalue weighted by molar-refractivity contribution is 9.10. The van der Waals surface area contributed by atoms with Gasteiger partial charge in [0.1, 0.15) is 0 Å². The number of hydrogen-bond donors (Lipinski definition) is 0. The van der Waals surface area contributed by atoms with E-state index in [0.717, 1.165) is 15.7 Å². The van der Waals surface area contributed by atoms with Gasteiger partial charge in [0.05, 0.1) is 0 Å². The van der Waals surface area contributed by atoms with E-state index in [1.165, 1.54) is 37.7 Å². The summed E-state index contributed by atoms with van der Waals surface area (Å²) >= 11 is 7.19. The van der Waals surface area contributed by atoms with Crippen LogP contribution in [0.1, 0.15) is 57.4 Å². The molecule has 0 amide bonds. The van der Waals surface area contributed by atoms with Gasteiger partial charge in [0.2, 0.25) is 0 Å². The largest absolute Gasteiger partial charge is 0.0921 e. The first-order valence-electron chi connectivity index (χ1n) is 7.02. The highest BCUT2D eigenvalue weighted by Crippen LogP contribution is 2.30. The minimum absolute atomic E-state index is 0.653. The Morgan fingerprint density at radius 3 is 2.28 bits per heavy atom. The molecule has 0 spiro atoms. The van der Waals surface area contributed by atoms with Gasteiger partial charge in [-0.3, -0.25) is 0 Å². The fourth-order valence-corrected chi connectivity index (χ4v) is 3.31. The predicted molar refractivity (Wildman–Crippen MR) is 88.6 cm³/mol. The zero-order chi connectivity index (χ0) is 13.4. The molecular weight excluding hydrogens is 352 g/mol. The summed E-state index contributed by atoms with van der Waals surface area (Å²) < 4.78 is 1.16. The van der Waals surface area contributed by atoms with E-state index in [4.69, 9.17) is 0 Å². The Morgan fingerprint density at radius 1 is 1.11 bits per heavy atom. The molecule has 1 aromatic carbocycles. The van der Waals surface area contributed by atoms with Crippen molar-refractivity contribution < 1.29 is 0 Å². The van der Waals surface area contributed by atoms with Crippen LogP contribution in [0.4, 0.5) is 0 Å². The molecule has 2 heteroatoms. The van der Waals surface area contributed by atoms with E-state index in [0.29, 0.717) is 5.92 Å². The quantitative estimate of drug-likeness (QED) is 0.452. The number of benzene rings is 1. The normalized spacial score (nSPS) is 14.4. The topological polar surface area (TPSA) is 0 Å². The first kappa shape index (κ1) is 16.2. The van der Waals surface area contributed by atoms with Gasteiger partial charge in [-0.15, -0.1) is 0 Å². The molecule has 0 saturated heterocycles. The average Bonchev–Trinajstić information content (AvgIpc) is 2.40. The van der Waals surface area contributed by atoms with Crippen LogP contribution in [-0.2, 0) is 0 Å². The van der Waals surface area contributed by atoms with Crippen molar-refractivity contribution >= 4 is 31.9 Å². The maximum Gasteiger partial charge on any atom is 0.0175 e. The van der Waals surface area contributed by atoms with E-state index in [-0.39, 0.29) is 0 Å². The van der Waals surface area contributed by atoms with Crippen molar-refractivity contribution in [3.05, 3.63) is 34.3 Å². The zero-order valence-electron chi connectivity index (χ0n) is 11.5. The van der Waals surface area contributed by atoms with Crippen LogP contribution in [0.2, 0.25) is 0 Å².